The topological polar surface area (TPSA) is 14.2 Å². The molecule has 3 rings (SSSR count). The molecule has 0 N–H and O–H groups in total. The lowest BCUT2D eigenvalue weighted by atomic mass is 10.2. The first kappa shape index (κ1) is 12.2. The zero-order valence-electron chi connectivity index (χ0n) is 11.6. The molecule has 2 heteroatoms. The van der Waals surface area contributed by atoms with Crippen LogP contribution in [0.2, 0.25) is 0 Å². The number of hydrogen-bond acceptors (Lipinski definition) is 1. The second-order valence-corrected chi connectivity index (χ2v) is 5.27. The van der Waals surface area contributed by atoms with Crippen molar-refractivity contribution in [1.82, 2.24) is 4.57 Å². The number of ether oxygens (including phenoxy) is 1. The first-order chi connectivity index (χ1) is 9.24. The maximum absolute atomic E-state index is 5.74. The minimum atomic E-state index is 0.0600. The molecule has 0 saturated carbocycles. The lowest BCUT2D eigenvalue weighted by molar-refractivity contribution is 0.0131. The van der Waals surface area contributed by atoms with Gasteiger partial charge in [-0.05, 0) is 18.1 Å². The Morgan fingerprint density at radius 2 is 1.32 bits per heavy atom. The molecule has 1 heterocycles. The second kappa shape index (κ2) is 4.71. The number of benzene rings is 2. The first-order valence-electron chi connectivity index (χ1n) is 6.74. The fourth-order valence-electron chi connectivity index (χ4n) is 2.90. The summed E-state index contributed by atoms with van der Waals surface area (Å²) in [6.07, 6.45) is 0.0600. The van der Waals surface area contributed by atoms with E-state index in [2.05, 4.69) is 66.9 Å². The average molecular weight is 253 g/mol. The largest absolute Gasteiger partial charge is 0.361 e. The molecule has 0 fully saturated rings. The molecule has 2 nitrogen and oxygen atoms in total. The van der Waals surface area contributed by atoms with Crippen molar-refractivity contribution in [2.24, 2.45) is 5.92 Å². The van der Waals surface area contributed by atoms with Crippen molar-refractivity contribution >= 4 is 21.8 Å². The summed E-state index contributed by atoms with van der Waals surface area (Å²) in [6.45, 7) is 4.38. The van der Waals surface area contributed by atoms with Crippen LogP contribution in [0.1, 0.15) is 20.1 Å². The van der Waals surface area contributed by atoms with Gasteiger partial charge in [0.2, 0.25) is 0 Å². The molecule has 0 spiro atoms. The van der Waals surface area contributed by atoms with Gasteiger partial charge in [-0.1, -0.05) is 50.2 Å². The molecule has 3 aromatic rings. The van der Waals surface area contributed by atoms with E-state index in [1.165, 1.54) is 21.8 Å². The molecular weight excluding hydrogens is 234 g/mol. The molecule has 0 aliphatic rings. The van der Waals surface area contributed by atoms with Gasteiger partial charge in [-0.25, -0.2) is 0 Å². The molecule has 1 atom stereocenters. The van der Waals surface area contributed by atoms with E-state index in [9.17, 15) is 0 Å². The monoisotopic (exact) mass is 253 g/mol. The molecule has 0 aliphatic heterocycles. The summed E-state index contributed by atoms with van der Waals surface area (Å²) in [5.41, 5.74) is 2.48. The van der Waals surface area contributed by atoms with E-state index >= 15 is 0 Å². The van der Waals surface area contributed by atoms with E-state index < -0.39 is 0 Å². The van der Waals surface area contributed by atoms with Crippen LogP contribution in [0.4, 0.5) is 0 Å². The molecule has 1 aromatic heterocycles. The molecule has 0 amide bonds. The lowest BCUT2D eigenvalue weighted by Gasteiger charge is -2.23. The van der Waals surface area contributed by atoms with Gasteiger partial charge >= 0.3 is 0 Å². The molecule has 2 aromatic carbocycles. The zero-order valence-corrected chi connectivity index (χ0v) is 11.6. The Morgan fingerprint density at radius 1 is 0.842 bits per heavy atom. The van der Waals surface area contributed by atoms with Crippen molar-refractivity contribution in [3.8, 4) is 0 Å². The van der Waals surface area contributed by atoms with Crippen LogP contribution < -0.4 is 0 Å². The average Bonchev–Trinajstić information content (AvgIpc) is 2.75. The fourth-order valence-corrected chi connectivity index (χ4v) is 2.90. The lowest BCUT2D eigenvalue weighted by Crippen LogP contribution is -2.16. The predicted octanol–water partition coefficient (Wildman–Crippen LogP) is 4.60. The van der Waals surface area contributed by atoms with Gasteiger partial charge in [0, 0.05) is 17.9 Å². The van der Waals surface area contributed by atoms with Crippen LogP contribution in [-0.2, 0) is 4.74 Å². The van der Waals surface area contributed by atoms with Crippen LogP contribution in [0.5, 0.6) is 0 Å². The normalized spacial score (nSPS) is 13.5. The van der Waals surface area contributed by atoms with E-state index in [0.29, 0.717) is 5.92 Å². The standard InChI is InChI=1S/C17H19NO/c1-12(2)17(19-3)18-15-10-6-4-8-13(15)14-9-5-7-11-16(14)18/h4-12,17H,1-3H3/t17-/m0/s1. The smallest absolute Gasteiger partial charge is 0.136 e. The minimum Gasteiger partial charge on any atom is -0.361 e. The Kier molecular flexibility index (Phi) is 3.03. The molecule has 0 bridgehead atoms. The number of para-hydroxylation sites is 2. The van der Waals surface area contributed by atoms with Crippen molar-refractivity contribution < 1.29 is 4.74 Å². The predicted molar refractivity (Wildman–Crippen MR) is 80.3 cm³/mol. The van der Waals surface area contributed by atoms with Gasteiger partial charge in [0.05, 0.1) is 11.0 Å². The van der Waals surface area contributed by atoms with E-state index in [1.54, 1.807) is 7.11 Å². The third-order valence-corrected chi connectivity index (χ3v) is 3.68. The van der Waals surface area contributed by atoms with Gasteiger partial charge in [0.1, 0.15) is 6.23 Å². The highest BCUT2D eigenvalue weighted by atomic mass is 16.5. The molecule has 0 radical (unpaired) electrons. The van der Waals surface area contributed by atoms with Gasteiger partial charge in [-0.3, -0.25) is 0 Å². The van der Waals surface area contributed by atoms with Crippen LogP contribution >= 0.6 is 0 Å². The minimum absolute atomic E-state index is 0.0600. The van der Waals surface area contributed by atoms with Gasteiger partial charge in [0.25, 0.3) is 0 Å². The van der Waals surface area contributed by atoms with Crippen molar-refractivity contribution in [3.63, 3.8) is 0 Å². The maximum atomic E-state index is 5.74. The van der Waals surface area contributed by atoms with E-state index in [-0.39, 0.29) is 6.23 Å². The van der Waals surface area contributed by atoms with Crippen molar-refractivity contribution in [1.29, 1.82) is 0 Å². The van der Waals surface area contributed by atoms with Crippen molar-refractivity contribution in [3.05, 3.63) is 48.5 Å². The SMILES string of the molecule is CO[C@@H](C(C)C)n1c2ccccc2c2ccccc21. The highest BCUT2D eigenvalue weighted by Crippen LogP contribution is 2.34. The highest BCUT2D eigenvalue weighted by Gasteiger charge is 2.19. The Bertz CT molecular complexity index is 658. The first-order valence-corrected chi connectivity index (χ1v) is 6.74. The Morgan fingerprint density at radius 3 is 1.74 bits per heavy atom. The molecule has 0 aliphatic carbocycles. The number of aromatic nitrogens is 1. The summed E-state index contributed by atoms with van der Waals surface area (Å²) in [6, 6.07) is 17.1. The van der Waals surface area contributed by atoms with Crippen molar-refractivity contribution in [2.75, 3.05) is 7.11 Å². The fraction of sp³-hybridized carbons (Fsp3) is 0.294. The summed E-state index contributed by atoms with van der Waals surface area (Å²) in [7, 11) is 1.79. The highest BCUT2D eigenvalue weighted by molar-refractivity contribution is 6.08. The van der Waals surface area contributed by atoms with Gasteiger partial charge < -0.3 is 9.30 Å². The number of methoxy groups -OCH3 is 1. The van der Waals surface area contributed by atoms with E-state index in [0.717, 1.165) is 0 Å². The third kappa shape index (κ3) is 1.83. The van der Waals surface area contributed by atoms with Crippen LogP contribution in [-0.4, -0.2) is 11.7 Å². The Labute approximate surface area is 113 Å². The van der Waals surface area contributed by atoms with Crippen LogP contribution in [0.25, 0.3) is 21.8 Å². The number of fused-ring (bicyclic) bond motifs is 3. The summed E-state index contributed by atoms with van der Waals surface area (Å²) in [5.74, 6) is 0.421. The van der Waals surface area contributed by atoms with Gasteiger partial charge in [-0.2, -0.15) is 0 Å². The van der Waals surface area contributed by atoms with E-state index in [1.807, 2.05) is 0 Å². The third-order valence-electron chi connectivity index (χ3n) is 3.68. The number of hydrogen-bond donors (Lipinski definition) is 0. The van der Waals surface area contributed by atoms with Gasteiger partial charge in [-0.15, -0.1) is 0 Å². The quantitative estimate of drug-likeness (QED) is 0.665. The van der Waals surface area contributed by atoms with Gasteiger partial charge in [0.15, 0.2) is 0 Å². The second-order valence-electron chi connectivity index (χ2n) is 5.27. The van der Waals surface area contributed by atoms with Crippen LogP contribution in [0.15, 0.2) is 48.5 Å². The summed E-state index contributed by atoms with van der Waals surface area (Å²) in [4.78, 5) is 0. The van der Waals surface area contributed by atoms with E-state index in [4.69, 9.17) is 4.74 Å². The Balaban J connectivity index is 2.42. The van der Waals surface area contributed by atoms with Crippen LogP contribution in [0, 0.1) is 5.92 Å². The molecule has 19 heavy (non-hydrogen) atoms. The zero-order chi connectivity index (χ0) is 13.4. The summed E-state index contributed by atoms with van der Waals surface area (Å²) in [5, 5.41) is 2.58. The molecular formula is C17H19NO. The number of rotatable bonds is 3. The maximum Gasteiger partial charge on any atom is 0.136 e. The Hall–Kier alpha value is -1.80. The summed E-state index contributed by atoms with van der Waals surface area (Å²) >= 11 is 0. The van der Waals surface area contributed by atoms with Crippen LogP contribution in [0.3, 0.4) is 0 Å². The molecule has 0 saturated heterocycles. The van der Waals surface area contributed by atoms with Crippen molar-refractivity contribution in [2.45, 2.75) is 20.1 Å². The molecule has 0 unspecified atom stereocenters. The summed E-state index contributed by atoms with van der Waals surface area (Å²) < 4.78 is 8.05. The molecule has 98 valence electrons. The number of nitrogens with zero attached hydrogens (tertiary/aromatic N) is 1.